The molecule has 12 heteroatoms. The van der Waals surface area contributed by atoms with Crippen molar-refractivity contribution in [2.75, 3.05) is 19.1 Å². The maximum Gasteiger partial charge on any atom is 0.312 e. The molecule has 0 radical (unpaired) electrons. The van der Waals surface area contributed by atoms with Crippen LogP contribution in [0.3, 0.4) is 0 Å². The molecule has 0 amide bonds. The number of nitrogens with two attached hydrogens (primary N) is 1. The summed E-state index contributed by atoms with van der Waals surface area (Å²) >= 11 is 0. The molecule has 1 aliphatic rings. The van der Waals surface area contributed by atoms with Gasteiger partial charge in [-0.05, 0) is 44.0 Å². The zero-order valence-corrected chi connectivity index (χ0v) is 18.2. The van der Waals surface area contributed by atoms with Gasteiger partial charge in [0.15, 0.2) is 28.5 Å². The van der Waals surface area contributed by atoms with E-state index in [-0.39, 0.29) is 36.9 Å². The second kappa shape index (κ2) is 7.93. The number of aromatic nitrogens is 4. The molecule has 3 aromatic rings. The molecule has 0 unspecified atom stereocenters. The highest BCUT2D eigenvalue weighted by Crippen LogP contribution is 2.35. The molecule has 1 aliphatic heterocycles. The van der Waals surface area contributed by atoms with Crippen molar-refractivity contribution in [3.63, 3.8) is 0 Å². The van der Waals surface area contributed by atoms with Crippen molar-refractivity contribution in [1.29, 1.82) is 0 Å². The Morgan fingerprint density at radius 1 is 1.23 bits per heavy atom. The number of sulfonamides is 1. The number of nitrogens with one attached hydrogen (secondary N) is 1. The van der Waals surface area contributed by atoms with E-state index >= 15 is 0 Å². The lowest BCUT2D eigenvalue weighted by Gasteiger charge is -2.13. The summed E-state index contributed by atoms with van der Waals surface area (Å²) in [6.45, 7) is 5.56. The molecule has 10 nitrogen and oxygen atoms in total. The third-order valence-electron chi connectivity index (χ3n) is 5.11. The van der Waals surface area contributed by atoms with E-state index in [0.717, 1.165) is 11.1 Å². The van der Waals surface area contributed by atoms with E-state index < -0.39 is 21.4 Å². The van der Waals surface area contributed by atoms with E-state index in [1.807, 2.05) is 19.1 Å². The molecule has 0 saturated heterocycles. The minimum absolute atomic E-state index is 0.0762. The standard InChI is InChI=1S/C19H23FN6O4S/c1-10(2)31(27,28)22-4-5-26-15(23-16-17(21)24-19(20)25-18(16)26)8-12-7-14-13(6-11(12)3)29-9-30-14/h6-7,10,22H,4-5,8-9H2,1-3H3,(H2,21,24,25). The Hall–Kier alpha value is -2.99. The summed E-state index contributed by atoms with van der Waals surface area (Å²) in [6.07, 6.45) is -0.601. The fraction of sp³-hybridized carbons (Fsp3) is 0.421. The molecule has 0 bridgehead atoms. The van der Waals surface area contributed by atoms with Gasteiger partial charge in [0.25, 0.3) is 0 Å². The molecule has 0 spiro atoms. The van der Waals surface area contributed by atoms with Crippen LogP contribution in [0.25, 0.3) is 11.2 Å². The van der Waals surface area contributed by atoms with Crippen LogP contribution in [0.2, 0.25) is 0 Å². The number of anilines is 1. The first-order valence-corrected chi connectivity index (χ1v) is 11.3. The van der Waals surface area contributed by atoms with Gasteiger partial charge in [-0.25, -0.2) is 18.1 Å². The molecule has 0 fully saturated rings. The van der Waals surface area contributed by atoms with Gasteiger partial charge in [-0.3, -0.25) is 0 Å². The summed E-state index contributed by atoms with van der Waals surface area (Å²) < 4.78 is 53.1. The van der Waals surface area contributed by atoms with Crippen LogP contribution in [0.1, 0.15) is 30.8 Å². The summed E-state index contributed by atoms with van der Waals surface area (Å²) in [4.78, 5) is 11.9. The number of rotatable bonds is 7. The predicted molar refractivity (Wildman–Crippen MR) is 112 cm³/mol. The molecule has 31 heavy (non-hydrogen) atoms. The zero-order chi connectivity index (χ0) is 22.3. The fourth-order valence-corrected chi connectivity index (χ4v) is 4.03. The Morgan fingerprint density at radius 2 is 1.94 bits per heavy atom. The highest BCUT2D eigenvalue weighted by atomic mass is 32.2. The van der Waals surface area contributed by atoms with Crippen molar-refractivity contribution in [3.05, 3.63) is 35.2 Å². The summed E-state index contributed by atoms with van der Waals surface area (Å²) in [5.41, 5.74) is 8.23. The number of hydrogen-bond donors (Lipinski definition) is 2. The first-order valence-electron chi connectivity index (χ1n) is 9.71. The minimum atomic E-state index is -3.45. The highest BCUT2D eigenvalue weighted by Gasteiger charge is 2.21. The topological polar surface area (TPSA) is 134 Å². The van der Waals surface area contributed by atoms with E-state index in [9.17, 15) is 12.8 Å². The molecule has 0 atom stereocenters. The number of nitrogen functional groups attached to an aromatic ring is 1. The average molecular weight is 450 g/mol. The van der Waals surface area contributed by atoms with E-state index in [1.54, 1.807) is 18.4 Å². The second-order valence-electron chi connectivity index (χ2n) is 7.53. The molecule has 0 saturated carbocycles. The van der Waals surface area contributed by atoms with Crippen molar-refractivity contribution < 1.29 is 22.3 Å². The lowest BCUT2D eigenvalue weighted by atomic mass is 10.0. The quantitative estimate of drug-likeness (QED) is 0.517. The van der Waals surface area contributed by atoms with Gasteiger partial charge in [-0.15, -0.1) is 0 Å². The maximum absolute atomic E-state index is 13.9. The SMILES string of the molecule is Cc1cc2c(cc1Cc1nc3c(N)nc(F)nc3n1CCNS(=O)(=O)C(C)C)OCO2. The smallest absolute Gasteiger partial charge is 0.312 e. The van der Waals surface area contributed by atoms with Crippen molar-refractivity contribution >= 4 is 27.0 Å². The number of fused-ring (bicyclic) bond motifs is 2. The van der Waals surface area contributed by atoms with Crippen LogP contribution in [0.5, 0.6) is 11.5 Å². The molecule has 3 heterocycles. The van der Waals surface area contributed by atoms with E-state index in [2.05, 4.69) is 19.7 Å². The van der Waals surface area contributed by atoms with Gasteiger partial charge in [0.05, 0.1) is 5.25 Å². The summed E-state index contributed by atoms with van der Waals surface area (Å²) in [6, 6.07) is 3.76. The van der Waals surface area contributed by atoms with Crippen molar-refractivity contribution in [1.82, 2.24) is 24.2 Å². The van der Waals surface area contributed by atoms with Gasteiger partial charge in [0, 0.05) is 19.5 Å². The highest BCUT2D eigenvalue weighted by molar-refractivity contribution is 7.90. The molecule has 0 aliphatic carbocycles. The van der Waals surface area contributed by atoms with Crippen LogP contribution < -0.4 is 19.9 Å². The van der Waals surface area contributed by atoms with Crippen LogP contribution in [0.4, 0.5) is 10.2 Å². The predicted octanol–water partition coefficient (Wildman–Crippen LogP) is 1.50. The lowest BCUT2D eigenvalue weighted by molar-refractivity contribution is 0.174. The largest absolute Gasteiger partial charge is 0.454 e. The summed E-state index contributed by atoms with van der Waals surface area (Å²) in [5, 5.41) is -0.571. The van der Waals surface area contributed by atoms with Gasteiger partial charge in [0.1, 0.15) is 5.82 Å². The number of benzene rings is 1. The Morgan fingerprint density at radius 3 is 2.65 bits per heavy atom. The van der Waals surface area contributed by atoms with Gasteiger partial charge in [-0.1, -0.05) is 0 Å². The van der Waals surface area contributed by atoms with Gasteiger partial charge in [0.2, 0.25) is 16.8 Å². The van der Waals surface area contributed by atoms with Crippen molar-refractivity contribution in [2.45, 2.75) is 39.0 Å². The average Bonchev–Trinajstić information content (AvgIpc) is 3.27. The Kier molecular flexibility index (Phi) is 5.43. The minimum Gasteiger partial charge on any atom is -0.454 e. The molecule has 166 valence electrons. The summed E-state index contributed by atoms with van der Waals surface area (Å²) in [5.74, 6) is 1.79. The Balaban J connectivity index is 1.71. The number of ether oxygens (including phenoxy) is 2. The molecular formula is C19H23FN6O4S. The number of imidazole rings is 1. The first kappa shape index (κ1) is 21.2. The third kappa shape index (κ3) is 4.12. The number of halogens is 1. The molecular weight excluding hydrogens is 427 g/mol. The summed E-state index contributed by atoms with van der Waals surface area (Å²) in [7, 11) is -3.45. The second-order valence-corrected chi connectivity index (χ2v) is 9.85. The van der Waals surface area contributed by atoms with Gasteiger partial charge in [-0.2, -0.15) is 14.4 Å². The Bertz CT molecular complexity index is 1260. The monoisotopic (exact) mass is 450 g/mol. The third-order valence-corrected chi connectivity index (χ3v) is 6.96. The van der Waals surface area contributed by atoms with Crippen molar-refractivity contribution in [3.8, 4) is 11.5 Å². The number of aryl methyl sites for hydroxylation is 1. The Labute approximate surface area is 178 Å². The first-order chi connectivity index (χ1) is 14.7. The normalized spacial score (nSPS) is 13.5. The van der Waals surface area contributed by atoms with Crippen LogP contribution in [-0.2, 0) is 23.0 Å². The van der Waals surface area contributed by atoms with E-state index in [4.69, 9.17) is 15.2 Å². The maximum atomic E-state index is 13.9. The number of nitrogens with zero attached hydrogens (tertiary/aromatic N) is 4. The van der Waals surface area contributed by atoms with Crippen LogP contribution in [0.15, 0.2) is 12.1 Å². The molecule has 2 aromatic heterocycles. The van der Waals surface area contributed by atoms with Crippen LogP contribution in [0, 0.1) is 13.0 Å². The molecule has 3 N–H and O–H groups in total. The van der Waals surface area contributed by atoms with Gasteiger partial charge >= 0.3 is 6.08 Å². The fourth-order valence-electron chi connectivity index (χ4n) is 3.32. The van der Waals surface area contributed by atoms with Crippen molar-refractivity contribution in [2.24, 2.45) is 0 Å². The van der Waals surface area contributed by atoms with Crippen LogP contribution in [-0.4, -0.2) is 46.5 Å². The van der Waals surface area contributed by atoms with Gasteiger partial charge < -0.3 is 19.8 Å². The zero-order valence-electron chi connectivity index (χ0n) is 17.3. The van der Waals surface area contributed by atoms with E-state index in [1.165, 1.54) is 0 Å². The molecule has 4 rings (SSSR count). The van der Waals surface area contributed by atoms with Crippen LogP contribution >= 0.6 is 0 Å². The lowest BCUT2D eigenvalue weighted by Crippen LogP contribution is -2.33. The molecule has 1 aromatic carbocycles. The number of hydrogen-bond acceptors (Lipinski definition) is 8. The van der Waals surface area contributed by atoms with E-state index in [0.29, 0.717) is 23.7 Å².